The van der Waals surface area contributed by atoms with Crippen molar-refractivity contribution in [1.82, 2.24) is 5.32 Å². The van der Waals surface area contributed by atoms with Crippen molar-refractivity contribution in [2.24, 2.45) is 5.73 Å². The molecule has 0 radical (unpaired) electrons. The minimum atomic E-state index is -1.07. The maximum absolute atomic E-state index is 12.0. The molecule has 0 saturated heterocycles. The molecule has 4 N–H and O–H groups in total. The highest BCUT2D eigenvalue weighted by molar-refractivity contribution is 5.98. The summed E-state index contributed by atoms with van der Waals surface area (Å²) in [5.74, 6) is -1.63. The number of hydrogen-bond acceptors (Lipinski definition) is 4. The summed E-state index contributed by atoms with van der Waals surface area (Å²) < 4.78 is 0. The summed E-state index contributed by atoms with van der Waals surface area (Å²) >= 11 is 0. The van der Waals surface area contributed by atoms with Crippen molar-refractivity contribution in [2.45, 2.75) is 32.2 Å². The van der Waals surface area contributed by atoms with E-state index in [1.54, 1.807) is 12.1 Å². The number of carbonyl (C=O) groups is 3. The summed E-state index contributed by atoms with van der Waals surface area (Å²) in [4.78, 5) is 34.3. The van der Waals surface area contributed by atoms with Crippen molar-refractivity contribution in [3.63, 3.8) is 0 Å². The molecule has 0 aliphatic heterocycles. The van der Waals surface area contributed by atoms with Crippen molar-refractivity contribution in [2.75, 3.05) is 6.54 Å². The Morgan fingerprint density at radius 2 is 1.71 bits per heavy atom. The number of hydrogen-bond donors (Lipinski definition) is 3. The number of carbonyl (C=O) groups excluding carboxylic acids is 2. The van der Waals surface area contributed by atoms with Crippen LogP contribution in [0.3, 0.4) is 0 Å². The standard InChI is InChI=1S/C15H20N2O4/c1-10(18)11-5-7-12(8-6-11)14(19)17-13(15(20)21)4-2-3-9-16/h5-8,13H,2-4,9,16H2,1H3,(H,17,19)(H,20,21). The molecule has 0 saturated carbocycles. The maximum Gasteiger partial charge on any atom is 0.326 e. The highest BCUT2D eigenvalue weighted by Gasteiger charge is 2.20. The lowest BCUT2D eigenvalue weighted by atomic mass is 10.1. The van der Waals surface area contributed by atoms with Crippen LogP contribution < -0.4 is 11.1 Å². The number of benzene rings is 1. The first kappa shape index (κ1) is 16.8. The van der Waals surface area contributed by atoms with Gasteiger partial charge in [-0.3, -0.25) is 9.59 Å². The van der Waals surface area contributed by atoms with Crippen LogP contribution in [0.5, 0.6) is 0 Å². The quantitative estimate of drug-likeness (QED) is 0.492. The molecule has 1 rings (SSSR count). The Labute approximate surface area is 123 Å². The van der Waals surface area contributed by atoms with Crippen LogP contribution in [0.15, 0.2) is 24.3 Å². The Bertz CT molecular complexity index is 511. The molecule has 0 heterocycles. The van der Waals surface area contributed by atoms with Gasteiger partial charge in [0.05, 0.1) is 0 Å². The van der Waals surface area contributed by atoms with Crippen LogP contribution in [-0.4, -0.2) is 35.4 Å². The lowest BCUT2D eigenvalue weighted by molar-refractivity contribution is -0.139. The molecule has 1 unspecified atom stereocenters. The molecule has 1 aromatic carbocycles. The molecular formula is C15H20N2O4. The number of carboxylic acid groups (broad SMARTS) is 1. The Hall–Kier alpha value is -2.21. The predicted octanol–water partition coefficient (Wildman–Crippen LogP) is 1.20. The first-order valence-corrected chi connectivity index (χ1v) is 6.80. The van der Waals surface area contributed by atoms with Gasteiger partial charge in [-0.05, 0) is 44.9 Å². The van der Waals surface area contributed by atoms with Crippen LogP contribution in [0.2, 0.25) is 0 Å². The van der Waals surface area contributed by atoms with Gasteiger partial charge < -0.3 is 16.2 Å². The average Bonchev–Trinajstić information content (AvgIpc) is 2.46. The largest absolute Gasteiger partial charge is 0.480 e. The Morgan fingerprint density at radius 3 is 2.19 bits per heavy atom. The smallest absolute Gasteiger partial charge is 0.326 e. The number of nitrogens with one attached hydrogen (secondary N) is 1. The summed E-state index contributed by atoms with van der Waals surface area (Å²) in [5, 5.41) is 11.6. The molecule has 6 heteroatoms. The van der Waals surface area contributed by atoms with Crippen LogP contribution in [0.4, 0.5) is 0 Å². The van der Waals surface area contributed by atoms with Gasteiger partial charge in [-0.25, -0.2) is 4.79 Å². The minimum absolute atomic E-state index is 0.0906. The Kier molecular flexibility index (Phi) is 6.55. The lowest BCUT2D eigenvalue weighted by Crippen LogP contribution is -2.40. The Balaban J connectivity index is 2.68. The van der Waals surface area contributed by atoms with E-state index in [2.05, 4.69) is 5.32 Å². The third-order valence-electron chi connectivity index (χ3n) is 3.10. The molecule has 0 aliphatic carbocycles. The molecule has 0 spiro atoms. The number of carboxylic acids is 1. The van der Waals surface area contributed by atoms with Crippen LogP contribution in [0, 0.1) is 0 Å². The van der Waals surface area contributed by atoms with Gasteiger partial charge in [-0.15, -0.1) is 0 Å². The van der Waals surface area contributed by atoms with Crippen molar-refractivity contribution >= 4 is 17.7 Å². The molecule has 21 heavy (non-hydrogen) atoms. The van der Waals surface area contributed by atoms with E-state index in [9.17, 15) is 14.4 Å². The second-order valence-electron chi connectivity index (χ2n) is 4.78. The van der Waals surface area contributed by atoms with Gasteiger partial charge in [-0.2, -0.15) is 0 Å². The topological polar surface area (TPSA) is 109 Å². The van der Waals surface area contributed by atoms with Gasteiger partial charge in [-0.1, -0.05) is 12.1 Å². The molecule has 1 amide bonds. The van der Waals surface area contributed by atoms with Gasteiger partial charge >= 0.3 is 5.97 Å². The number of Topliss-reactive ketones (excluding diaryl/α,β-unsaturated/α-hetero) is 1. The van der Waals surface area contributed by atoms with E-state index >= 15 is 0 Å². The number of aliphatic carboxylic acids is 1. The molecule has 1 atom stereocenters. The number of unbranched alkanes of at least 4 members (excludes halogenated alkanes) is 1. The van der Waals surface area contributed by atoms with Gasteiger partial charge in [0.1, 0.15) is 6.04 Å². The lowest BCUT2D eigenvalue weighted by Gasteiger charge is -2.14. The number of nitrogens with two attached hydrogens (primary N) is 1. The average molecular weight is 292 g/mol. The monoisotopic (exact) mass is 292 g/mol. The van der Waals surface area contributed by atoms with Crippen LogP contribution in [-0.2, 0) is 4.79 Å². The fraction of sp³-hybridized carbons (Fsp3) is 0.400. The maximum atomic E-state index is 12.0. The summed E-state index contributed by atoms with van der Waals surface area (Å²) in [7, 11) is 0. The fourth-order valence-electron chi connectivity index (χ4n) is 1.85. The zero-order valence-corrected chi connectivity index (χ0v) is 12.0. The van der Waals surface area contributed by atoms with E-state index in [1.807, 2.05) is 0 Å². The molecule has 1 aromatic rings. The molecule has 0 aromatic heterocycles. The molecule has 0 aliphatic rings. The van der Waals surface area contributed by atoms with Gasteiger partial charge in [0.15, 0.2) is 5.78 Å². The zero-order chi connectivity index (χ0) is 15.8. The first-order chi connectivity index (χ1) is 9.95. The zero-order valence-electron chi connectivity index (χ0n) is 12.0. The molecular weight excluding hydrogens is 272 g/mol. The first-order valence-electron chi connectivity index (χ1n) is 6.80. The van der Waals surface area contributed by atoms with Crippen molar-refractivity contribution in [3.8, 4) is 0 Å². The normalized spacial score (nSPS) is 11.7. The van der Waals surface area contributed by atoms with Gasteiger partial charge in [0, 0.05) is 11.1 Å². The predicted molar refractivity (Wildman–Crippen MR) is 78.2 cm³/mol. The second-order valence-corrected chi connectivity index (χ2v) is 4.78. The van der Waals surface area contributed by atoms with Crippen molar-refractivity contribution in [1.29, 1.82) is 0 Å². The number of rotatable bonds is 8. The second kappa shape index (κ2) is 8.16. The van der Waals surface area contributed by atoms with Gasteiger partial charge in [0.2, 0.25) is 0 Å². The number of amides is 1. The summed E-state index contributed by atoms with van der Waals surface area (Å²) in [6.45, 7) is 1.93. The van der Waals surface area contributed by atoms with E-state index in [4.69, 9.17) is 10.8 Å². The minimum Gasteiger partial charge on any atom is -0.480 e. The van der Waals surface area contributed by atoms with Crippen LogP contribution in [0.25, 0.3) is 0 Å². The highest BCUT2D eigenvalue weighted by Crippen LogP contribution is 2.07. The van der Waals surface area contributed by atoms with E-state index in [0.29, 0.717) is 36.9 Å². The van der Waals surface area contributed by atoms with E-state index < -0.39 is 17.9 Å². The molecule has 0 bridgehead atoms. The summed E-state index contributed by atoms with van der Waals surface area (Å²) in [5.41, 5.74) is 6.19. The van der Waals surface area contributed by atoms with E-state index in [1.165, 1.54) is 19.1 Å². The third-order valence-corrected chi connectivity index (χ3v) is 3.10. The highest BCUT2D eigenvalue weighted by atomic mass is 16.4. The number of ketones is 1. The SMILES string of the molecule is CC(=O)c1ccc(C(=O)NC(CCCCN)C(=O)O)cc1. The third kappa shape index (κ3) is 5.35. The van der Waals surface area contributed by atoms with Crippen LogP contribution >= 0.6 is 0 Å². The molecule has 6 nitrogen and oxygen atoms in total. The van der Waals surface area contributed by atoms with E-state index in [-0.39, 0.29) is 5.78 Å². The molecule has 0 fully saturated rings. The van der Waals surface area contributed by atoms with Crippen molar-refractivity contribution in [3.05, 3.63) is 35.4 Å². The Morgan fingerprint density at radius 1 is 1.14 bits per heavy atom. The summed E-state index contributed by atoms with van der Waals surface area (Å²) in [6.07, 6.45) is 1.69. The fourth-order valence-corrected chi connectivity index (χ4v) is 1.85. The molecule has 114 valence electrons. The van der Waals surface area contributed by atoms with Crippen molar-refractivity contribution < 1.29 is 19.5 Å². The summed E-state index contributed by atoms with van der Waals surface area (Å²) in [6, 6.07) is 5.16. The van der Waals surface area contributed by atoms with E-state index in [0.717, 1.165) is 0 Å². The van der Waals surface area contributed by atoms with Gasteiger partial charge in [0.25, 0.3) is 5.91 Å². The van der Waals surface area contributed by atoms with Crippen LogP contribution in [0.1, 0.15) is 46.9 Å².